The van der Waals surface area contributed by atoms with Gasteiger partial charge in [-0.15, -0.1) is 0 Å². The normalized spacial score (nSPS) is 11.5. The average molecular weight is 414 g/mol. The number of nitrogens with zero attached hydrogens (tertiary/aromatic N) is 1. The highest BCUT2D eigenvalue weighted by Gasteiger charge is 2.31. The Labute approximate surface area is 184 Å². The molecular weight excluding hydrogens is 386 g/mol. The van der Waals surface area contributed by atoms with Gasteiger partial charge >= 0.3 is 5.97 Å². The van der Waals surface area contributed by atoms with E-state index in [1.54, 1.807) is 48.5 Å². The van der Waals surface area contributed by atoms with E-state index in [9.17, 15) is 4.79 Å². The lowest BCUT2D eigenvalue weighted by molar-refractivity contribution is 0.0723. The van der Waals surface area contributed by atoms with Crippen LogP contribution >= 0.6 is 0 Å². The van der Waals surface area contributed by atoms with E-state index in [-0.39, 0.29) is 11.0 Å². The summed E-state index contributed by atoms with van der Waals surface area (Å²) in [6.45, 7) is 8.60. The summed E-state index contributed by atoms with van der Waals surface area (Å²) in [4.78, 5) is 12.3. The largest absolute Gasteiger partial charge is 0.488 e. The van der Waals surface area contributed by atoms with Crippen molar-refractivity contribution in [1.29, 1.82) is 5.26 Å². The number of carbonyl (C=O) groups excluding carboxylic acids is 1. The summed E-state index contributed by atoms with van der Waals surface area (Å²) in [5.41, 5.74) is 1.73. The van der Waals surface area contributed by atoms with Crippen molar-refractivity contribution >= 4 is 5.97 Å². The smallest absolute Gasteiger partial charge is 0.343 e. The van der Waals surface area contributed by atoms with Crippen LogP contribution in [0.25, 0.3) is 0 Å². The van der Waals surface area contributed by atoms with Gasteiger partial charge in [-0.2, -0.15) is 5.26 Å². The predicted molar refractivity (Wildman–Crippen MR) is 121 cm³/mol. The van der Waals surface area contributed by atoms with E-state index in [0.29, 0.717) is 22.6 Å². The molecule has 3 aromatic carbocycles. The third-order valence-electron chi connectivity index (χ3n) is 5.10. The summed E-state index contributed by atoms with van der Waals surface area (Å²) in [5.74, 6) is 0.680. The minimum Gasteiger partial charge on any atom is -0.488 e. The van der Waals surface area contributed by atoms with Crippen molar-refractivity contribution < 1.29 is 14.3 Å². The fourth-order valence-corrected chi connectivity index (χ4v) is 3.83. The van der Waals surface area contributed by atoms with Gasteiger partial charge in [0.1, 0.15) is 17.1 Å². The molecule has 0 N–H and O–H groups in total. The van der Waals surface area contributed by atoms with Gasteiger partial charge in [-0.25, -0.2) is 4.79 Å². The van der Waals surface area contributed by atoms with Crippen molar-refractivity contribution in [1.82, 2.24) is 0 Å². The van der Waals surface area contributed by atoms with E-state index >= 15 is 0 Å². The lowest BCUT2D eigenvalue weighted by Crippen LogP contribution is -2.36. The molecule has 0 spiro atoms. The summed E-state index contributed by atoms with van der Waals surface area (Å²) >= 11 is 0. The van der Waals surface area contributed by atoms with E-state index in [0.717, 1.165) is 6.42 Å². The molecular formula is C27H27NO3. The first kappa shape index (κ1) is 22.1. The third-order valence-corrected chi connectivity index (χ3v) is 5.10. The Morgan fingerprint density at radius 2 is 1.42 bits per heavy atom. The molecule has 0 bridgehead atoms. The molecule has 0 saturated carbocycles. The summed E-state index contributed by atoms with van der Waals surface area (Å²) in [7, 11) is 0. The van der Waals surface area contributed by atoms with Crippen molar-refractivity contribution in [2.24, 2.45) is 0 Å². The number of nitriles is 1. The second kappa shape index (κ2) is 9.06. The SMILES string of the molecule is CC(C)(CC(C)(C)c1ccccc1)Oc1ccc(OC(=O)c2ccc(C#N)cc2)cc1. The van der Waals surface area contributed by atoms with E-state index < -0.39 is 5.97 Å². The molecule has 3 rings (SSSR count). The molecule has 0 unspecified atom stereocenters. The van der Waals surface area contributed by atoms with Crippen LogP contribution in [0.2, 0.25) is 0 Å². The van der Waals surface area contributed by atoms with Crippen molar-refractivity contribution in [3.8, 4) is 17.6 Å². The number of benzene rings is 3. The zero-order valence-corrected chi connectivity index (χ0v) is 18.4. The van der Waals surface area contributed by atoms with Crippen LogP contribution < -0.4 is 9.47 Å². The molecule has 4 nitrogen and oxygen atoms in total. The first-order chi connectivity index (χ1) is 14.7. The molecule has 158 valence electrons. The molecule has 3 aromatic rings. The maximum absolute atomic E-state index is 12.3. The summed E-state index contributed by atoms with van der Waals surface area (Å²) < 4.78 is 11.7. The van der Waals surface area contributed by atoms with Crippen molar-refractivity contribution in [3.05, 3.63) is 95.6 Å². The second-order valence-electron chi connectivity index (χ2n) is 8.84. The van der Waals surface area contributed by atoms with E-state index in [2.05, 4.69) is 52.0 Å². The maximum atomic E-state index is 12.3. The highest BCUT2D eigenvalue weighted by Crippen LogP contribution is 2.35. The number of esters is 1. The van der Waals surface area contributed by atoms with Crippen molar-refractivity contribution in [3.63, 3.8) is 0 Å². The first-order valence-corrected chi connectivity index (χ1v) is 10.3. The van der Waals surface area contributed by atoms with Crippen LogP contribution in [-0.2, 0) is 5.41 Å². The van der Waals surface area contributed by atoms with Gasteiger partial charge in [0.2, 0.25) is 0 Å². The van der Waals surface area contributed by atoms with Crippen LogP contribution in [0.1, 0.15) is 55.6 Å². The number of ether oxygens (including phenoxy) is 2. The molecule has 0 fully saturated rings. The Hall–Kier alpha value is -3.58. The lowest BCUT2D eigenvalue weighted by Gasteiger charge is -2.35. The quantitative estimate of drug-likeness (QED) is 0.337. The Morgan fingerprint density at radius 1 is 0.839 bits per heavy atom. The van der Waals surface area contributed by atoms with Gasteiger partial charge in [0.05, 0.1) is 17.2 Å². The van der Waals surface area contributed by atoms with Gasteiger partial charge in [-0.3, -0.25) is 0 Å². The summed E-state index contributed by atoms with van der Waals surface area (Å²) in [6, 6.07) is 25.8. The number of rotatable bonds is 7. The van der Waals surface area contributed by atoms with Crippen molar-refractivity contribution in [2.45, 2.75) is 45.1 Å². The highest BCUT2D eigenvalue weighted by atomic mass is 16.5. The van der Waals surface area contributed by atoms with Crippen LogP contribution in [0.15, 0.2) is 78.9 Å². The molecule has 0 atom stereocenters. The standard InChI is InChI=1S/C27H27NO3/c1-26(2,22-8-6-5-7-9-22)19-27(3,4)31-24-16-14-23(15-17-24)30-25(29)21-12-10-20(18-28)11-13-21/h5-17H,19H2,1-4H3. The van der Waals surface area contributed by atoms with Crippen LogP contribution in [-0.4, -0.2) is 11.6 Å². The molecule has 0 aliphatic carbocycles. The predicted octanol–water partition coefficient (Wildman–Crippen LogP) is 6.30. The van der Waals surface area contributed by atoms with Crippen molar-refractivity contribution in [2.75, 3.05) is 0 Å². The summed E-state index contributed by atoms with van der Waals surface area (Å²) in [6.07, 6.45) is 0.833. The molecule has 31 heavy (non-hydrogen) atoms. The highest BCUT2D eigenvalue weighted by molar-refractivity contribution is 5.91. The van der Waals surface area contributed by atoms with Crippen LogP contribution in [0.3, 0.4) is 0 Å². The number of hydrogen-bond donors (Lipinski definition) is 0. The molecule has 0 aliphatic rings. The van der Waals surface area contributed by atoms with Gasteiger partial charge in [0.15, 0.2) is 0 Å². The molecule has 0 aromatic heterocycles. The van der Waals surface area contributed by atoms with Gasteiger partial charge in [-0.1, -0.05) is 44.2 Å². The molecule has 0 radical (unpaired) electrons. The van der Waals surface area contributed by atoms with E-state index in [1.165, 1.54) is 5.56 Å². The van der Waals surface area contributed by atoms with Gasteiger partial charge in [0, 0.05) is 0 Å². The zero-order valence-electron chi connectivity index (χ0n) is 18.4. The Kier molecular flexibility index (Phi) is 6.46. The Bertz CT molecular complexity index is 1060. The molecule has 0 heterocycles. The third kappa shape index (κ3) is 5.96. The Morgan fingerprint density at radius 3 is 2.00 bits per heavy atom. The van der Waals surface area contributed by atoms with Crippen LogP contribution in [0.5, 0.6) is 11.5 Å². The van der Waals surface area contributed by atoms with Crippen LogP contribution in [0, 0.1) is 11.3 Å². The minimum absolute atomic E-state index is 0.0404. The summed E-state index contributed by atoms with van der Waals surface area (Å²) in [5, 5.41) is 8.85. The monoisotopic (exact) mass is 413 g/mol. The first-order valence-electron chi connectivity index (χ1n) is 10.3. The minimum atomic E-state index is -0.469. The van der Waals surface area contributed by atoms with Gasteiger partial charge in [-0.05, 0) is 79.8 Å². The average Bonchev–Trinajstić information content (AvgIpc) is 2.75. The topological polar surface area (TPSA) is 59.3 Å². The lowest BCUT2D eigenvalue weighted by atomic mass is 9.76. The zero-order chi connectivity index (χ0) is 22.5. The number of hydrogen-bond acceptors (Lipinski definition) is 4. The van der Waals surface area contributed by atoms with Gasteiger partial charge < -0.3 is 9.47 Å². The molecule has 0 saturated heterocycles. The van der Waals surface area contributed by atoms with E-state index in [4.69, 9.17) is 14.7 Å². The molecule has 0 aliphatic heterocycles. The molecule has 0 amide bonds. The van der Waals surface area contributed by atoms with Crippen LogP contribution in [0.4, 0.5) is 0 Å². The fraction of sp³-hybridized carbons (Fsp3) is 0.259. The second-order valence-corrected chi connectivity index (χ2v) is 8.84. The van der Waals surface area contributed by atoms with Gasteiger partial charge in [0.25, 0.3) is 0 Å². The van der Waals surface area contributed by atoms with E-state index in [1.807, 2.05) is 12.1 Å². The number of carbonyl (C=O) groups is 1. The Balaban J connectivity index is 1.62. The fourth-order valence-electron chi connectivity index (χ4n) is 3.83. The maximum Gasteiger partial charge on any atom is 0.343 e. The molecule has 4 heteroatoms.